The van der Waals surface area contributed by atoms with E-state index in [1.807, 2.05) is 18.2 Å². The highest BCUT2D eigenvalue weighted by molar-refractivity contribution is 6.05. The van der Waals surface area contributed by atoms with Crippen molar-refractivity contribution in [3.63, 3.8) is 0 Å². The standard InChI is InChI=1S/C24H36N4O6/c25-8-11-32-13-15-34-16-14-33-12-10-26-9-2-4-18-3-1-5-19-20(18)17-28(24(19)31)21-6-7-22(29)27-23(21)30/h1,3,5,21,26H,2,4,6-17,25H2,(H,27,29,30). The maximum atomic E-state index is 12.9. The lowest BCUT2D eigenvalue weighted by molar-refractivity contribution is -0.136. The minimum atomic E-state index is -0.581. The minimum Gasteiger partial charge on any atom is -0.378 e. The number of rotatable bonds is 16. The highest BCUT2D eigenvalue weighted by Gasteiger charge is 2.39. The van der Waals surface area contributed by atoms with E-state index in [-0.39, 0.29) is 24.1 Å². The summed E-state index contributed by atoms with van der Waals surface area (Å²) in [5, 5.41) is 5.71. The van der Waals surface area contributed by atoms with Gasteiger partial charge in [-0.2, -0.15) is 0 Å². The number of hydrogen-bond donors (Lipinski definition) is 3. The summed E-state index contributed by atoms with van der Waals surface area (Å²) in [7, 11) is 0. The molecule has 1 saturated heterocycles. The van der Waals surface area contributed by atoms with Crippen molar-refractivity contribution in [2.75, 3.05) is 59.3 Å². The van der Waals surface area contributed by atoms with Gasteiger partial charge in [0.2, 0.25) is 11.8 Å². The maximum absolute atomic E-state index is 12.9. The topological polar surface area (TPSA) is 132 Å². The number of nitrogens with zero attached hydrogens (tertiary/aromatic N) is 1. The average molecular weight is 477 g/mol. The quantitative estimate of drug-likeness (QED) is 0.224. The van der Waals surface area contributed by atoms with Crippen LogP contribution in [0.5, 0.6) is 0 Å². The van der Waals surface area contributed by atoms with Crippen LogP contribution >= 0.6 is 0 Å². The molecule has 2 aliphatic rings. The Hall–Kier alpha value is -2.37. The number of nitrogens with two attached hydrogens (primary N) is 1. The Balaban J connectivity index is 1.30. The lowest BCUT2D eigenvalue weighted by Gasteiger charge is -2.29. The zero-order chi connectivity index (χ0) is 24.2. The molecule has 0 bridgehead atoms. The van der Waals surface area contributed by atoms with Crippen molar-refractivity contribution < 1.29 is 28.6 Å². The molecule has 2 aliphatic heterocycles. The van der Waals surface area contributed by atoms with Crippen molar-refractivity contribution in [2.45, 2.75) is 38.3 Å². The van der Waals surface area contributed by atoms with E-state index in [4.69, 9.17) is 19.9 Å². The summed E-state index contributed by atoms with van der Waals surface area (Å²) in [5.41, 5.74) is 8.12. The van der Waals surface area contributed by atoms with Gasteiger partial charge in [-0.3, -0.25) is 19.7 Å². The van der Waals surface area contributed by atoms with Crippen LogP contribution in [0, 0.1) is 0 Å². The van der Waals surface area contributed by atoms with E-state index < -0.39 is 6.04 Å². The second kappa shape index (κ2) is 14.1. The third-order valence-corrected chi connectivity index (χ3v) is 5.91. The van der Waals surface area contributed by atoms with Crippen LogP contribution in [0.2, 0.25) is 0 Å². The fourth-order valence-electron chi connectivity index (χ4n) is 4.18. The van der Waals surface area contributed by atoms with Gasteiger partial charge in [0, 0.05) is 31.6 Å². The van der Waals surface area contributed by atoms with Crippen molar-refractivity contribution in [3.05, 3.63) is 34.9 Å². The lowest BCUT2D eigenvalue weighted by atomic mass is 9.99. The number of nitrogens with one attached hydrogen (secondary N) is 2. The molecule has 1 unspecified atom stereocenters. The van der Waals surface area contributed by atoms with Crippen LogP contribution in [0.3, 0.4) is 0 Å². The van der Waals surface area contributed by atoms with Crippen molar-refractivity contribution in [3.8, 4) is 0 Å². The Kier molecular flexibility index (Phi) is 10.9. The number of piperidine rings is 1. The van der Waals surface area contributed by atoms with Gasteiger partial charge in [-0.25, -0.2) is 0 Å². The molecular weight excluding hydrogens is 440 g/mol. The van der Waals surface area contributed by atoms with Gasteiger partial charge in [0.05, 0.1) is 39.6 Å². The molecule has 10 nitrogen and oxygen atoms in total. The summed E-state index contributed by atoms with van der Waals surface area (Å²) >= 11 is 0. The molecule has 0 radical (unpaired) electrons. The monoisotopic (exact) mass is 476 g/mol. The molecule has 10 heteroatoms. The first-order valence-electron chi connectivity index (χ1n) is 12.0. The van der Waals surface area contributed by atoms with Gasteiger partial charge in [-0.1, -0.05) is 12.1 Å². The summed E-state index contributed by atoms with van der Waals surface area (Å²) in [6.07, 6.45) is 2.40. The molecule has 1 aromatic rings. The number of benzene rings is 1. The molecule has 1 aromatic carbocycles. The number of hydrogen-bond acceptors (Lipinski definition) is 8. The van der Waals surface area contributed by atoms with Crippen molar-refractivity contribution in [1.29, 1.82) is 0 Å². The van der Waals surface area contributed by atoms with Crippen LogP contribution in [0.25, 0.3) is 0 Å². The van der Waals surface area contributed by atoms with E-state index >= 15 is 0 Å². The Morgan fingerprint density at radius 3 is 2.47 bits per heavy atom. The van der Waals surface area contributed by atoms with Crippen LogP contribution in [-0.2, 0) is 36.8 Å². The number of carbonyl (C=O) groups excluding carboxylic acids is 3. The van der Waals surface area contributed by atoms with Crippen molar-refractivity contribution in [1.82, 2.24) is 15.5 Å². The van der Waals surface area contributed by atoms with Gasteiger partial charge in [-0.05, 0) is 43.0 Å². The summed E-state index contributed by atoms with van der Waals surface area (Å²) in [5.74, 6) is -0.788. The van der Waals surface area contributed by atoms with Crippen LogP contribution in [0.4, 0.5) is 0 Å². The summed E-state index contributed by atoms with van der Waals surface area (Å²) in [6, 6.07) is 5.18. The van der Waals surface area contributed by atoms with Crippen molar-refractivity contribution in [2.24, 2.45) is 5.73 Å². The molecule has 1 fully saturated rings. The number of ether oxygens (including phenoxy) is 3. The molecule has 0 aliphatic carbocycles. The predicted octanol–water partition coefficient (Wildman–Crippen LogP) is -0.0217. The molecule has 0 aromatic heterocycles. The van der Waals surface area contributed by atoms with Gasteiger partial charge >= 0.3 is 0 Å². The van der Waals surface area contributed by atoms with E-state index in [0.717, 1.165) is 37.1 Å². The van der Waals surface area contributed by atoms with E-state index in [1.165, 1.54) is 0 Å². The lowest BCUT2D eigenvalue weighted by Crippen LogP contribution is -2.52. The van der Waals surface area contributed by atoms with Gasteiger partial charge in [-0.15, -0.1) is 0 Å². The molecular formula is C24H36N4O6. The van der Waals surface area contributed by atoms with Gasteiger partial charge < -0.3 is 30.2 Å². The first kappa shape index (κ1) is 26.2. The highest BCUT2D eigenvalue weighted by Crippen LogP contribution is 2.30. The Bertz CT molecular complexity index is 834. The zero-order valence-electron chi connectivity index (χ0n) is 19.7. The second-order valence-corrected chi connectivity index (χ2v) is 8.32. The number of imide groups is 1. The SMILES string of the molecule is NCCOCCOCCOCCNCCCc1cccc2c1CN(C1CCC(=O)NC1=O)C2=O. The number of fused-ring (bicyclic) bond motifs is 1. The summed E-state index contributed by atoms with van der Waals surface area (Å²) in [4.78, 5) is 38.2. The minimum absolute atomic E-state index is 0.131. The average Bonchev–Trinajstić information content (AvgIpc) is 3.16. The molecule has 2 heterocycles. The van der Waals surface area contributed by atoms with E-state index in [2.05, 4.69) is 10.6 Å². The van der Waals surface area contributed by atoms with Crippen LogP contribution < -0.4 is 16.4 Å². The van der Waals surface area contributed by atoms with Gasteiger partial charge in [0.15, 0.2) is 0 Å². The third-order valence-electron chi connectivity index (χ3n) is 5.91. The normalized spacial score (nSPS) is 17.9. The van der Waals surface area contributed by atoms with Crippen molar-refractivity contribution >= 4 is 17.7 Å². The van der Waals surface area contributed by atoms with E-state index in [0.29, 0.717) is 64.7 Å². The zero-order valence-corrected chi connectivity index (χ0v) is 19.7. The molecule has 3 rings (SSSR count). The smallest absolute Gasteiger partial charge is 0.255 e. The van der Waals surface area contributed by atoms with Gasteiger partial charge in [0.1, 0.15) is 6.04 Å². The fourth-order valence-corrected chi connectivity index (χ4v) is 4.18. The number of aryl methyl sites for hydroxylation is 1. The molecule has 4 N–H and O–H groups in total. The van der Waals surface area contributed by atoms with E-state index in [1.54, 1.807) is 4.90 Å². The molecule has 188 valence electrons. The Morgan fingerprint density at radius 2 is 1.74 bits per heavy atom. The molecule has 1 atom stereocenters. The second-order valence-electron chi connectivity index (χ2n) is 8.32. The fraction of sp³-hybridized carbons (Fsp3) is 0.625. The molecule has 0 spiro atoms. The van der Waals surface area contributed by atoms with Crippen LogP contribution in [-0.4, -0.2) is 87.9 Å². The summed E-state index contributed by atoms with van der Waals surface area (Å²) in [6.45, 7) is 5.88. The summed E-state index contributed by atoms with van der Waals surface area (Å²) < 4.78 is 16.2. The van der Waals surface area contributed by atoms with Crippen LogP contribution in [0.1, 0.15) is 40.7 Å². The molecule has 34 heavy (non-hydrogen) atoms. The largest absolute Gasteiger partial charge is 0.378 e. The first-order chi connectivity index (χ1) is 16.6. The number of carbonyl (C=O) groups is 3. The third kappa shape index (κ3) is 7.57. The Morgan fingerprint density at radius 1 is 1.00 bits per heavy atom. The maximum Gasteiger partial charge on any atom is 0.255 e. The van der Waals surface area contributed by atoms with Gasteiger partial charge in [0.25, 0.3) is 5.91 Å². The van der Waals surface area contributed by atoms with Crippen LogP contribution in [0.15, 0.2) is 18.2 Å². The predicted molar refractivity (Wildman–Crippen MR) is 125 cm³/mol. The van der Waals surface area contributed by atoms with E-state index in [9.17, 15) is 14.4 Å². The Labute approximate surface area is 200 Å². The highest BCUT2D eigenvalue weighted by atomic mass is 16.5. The first-order valence-corrected chi connectivity index (χ1v) is 12.0. The number of amides is 3. The molecule has 3 amide bonds. The molecule has 0 saturated carbocycles.